The normalized spacial score (nSPS) is 19.4. The number of nitrogens with one attached hydrogen (secondary N) is 2. The van der Waals surface area contributed by atoms with Gasteiger partial charge >= 0.3 is 0 Å². The van der Waals surface area contributed by atoms with Crippen molar-refractivity contribution in [2.45, 2.75) is 56.4 Å². The molecular formula is C19H21N3O2S2. The van der Waals surface area contributed by atoms with Gasteiger partial charge in [-0.15, -0.1) is 11.3 Å². The SMILES string of the molecule is Cc1ccc([C@@H]2C3=C(CCCC3=O)Nc3nc(SC(C)C)[nH]c(=O)c32)s1. The van der Waals surface area contributed by atoms with Crippen LogP contribution >= 0.6 is 23.1 Å². The number of hydrogen-bond donors (Lipinski definition) is 2. The third-order valence-electron chi connectivity index (χ3n) is 4.63. The molecule has 1 atom stereocenters. The van der Waals surface area contributed by atoms with Crippen molar-refractivity contribution in [1.82, 2.24) is 9.97 Å². The van der Waals surface area contributed by atoms with Crippen molar-refractivity contribution in [3.63, 3.8) is 0 Å². The first-order chi connectivity index (χ1) is 12.4. The van der Waals surface area contributed by atoms with Gasteiger partial charge in [0.1, 0.15) is 5.82 Å². The maximum atomic E-state index is 13.0. The Kier molecular flexibility index (Phi) is 4.52. The van der Waals surface area contributed by atoms with Gasteiger partial charge in [-0.05, 0) is 31.9 Å². The Morgan fingerprint density at radius 3 is 2.77 bits per heavy atom. The molecular weight excluding hydrogens is 366 g/mol. The second-order valence-electron chi connectivity index (χ2n) is 6.98. The topological polar surface area (TPSA) is 74.8 Å². The van der Waals surface area contributed by atoms with Crippen LogP contribution in [0.15, 0.2) is 33.4 Å². The van der Waals surface area contributed by atoms with Crippen molar-refractivity contribution in [1.29, 1.82) is 0 Å². The highest BCUT2D eigenvalue weighted by molar-refractivity contribution is 7.99. The summed E-state index contributed by atoms with van der Waals surface area (Å²) in [5.74, 6) is 0.420. The maximum absolute atomic E-state index is 13.0. The monoisotopic (exact) mass is 387 g/mol. The first-order valence-corrected chi connectivity index (χ1v) is 10.5. The van der Waals surface area contributed by atoms with Gasteiger partial charge in [0.15, 0.2) is 10.9 Å². The Balaban J connectivity index is 1.92. The molecule has 2 aromatic heterocycles. The first kappa shape index (κ1) is 17.5. The third-order valence-corrected chi connectivity index (χ3v) is 6.58. The summed E-state index contributed by atoms with van der Waals surface area (Å²) >= 11 is 3.17. The molecule has 0 saturated heterocycles. The lowest BCUT2D eigenvalue weighted by Gasteiger charge is -2.32. The average Bonchev–Trinajstić information content (AvgIpc) is 2.98. The summed E-state index contributed by atoms with van der Waals surface area (Å²) < 4.78 is 0. The molecule has 3 heterocycles. The number of allylic oxidation sites excluding steroid dienone is 2. The van der Waals surface area contributed by atoms with Crippen molar-refractivity contribution in [3.05, 3.63) is 49.1 Å². The van der Waals surface area contributed by atoms with Crippen LogP contribution in [-0.2, 0) is 4.79 Å². The lowest BCUT2D eigenvalue weighted by Crippen LogP contribution is -2.32. The lowest BCUT2D eigenvalue weighted by atomic mass is 9.79. The molecule has 136 valence electrons. The van der Waals surface area contributed by atoms with Crippen molar-refractivity contribution in [2.75, 3.05) is 5.32 Å². The fourth-order valence-electron chi connectivity index (χ4n) is 3.61. The highest BCUT2D eigenvalue weighted by Crippen LogP contribution is 2.45. The van der Waals surface area contributed by atoms with Crippen LogP contribution < -0.4 is 10.9 Å². The van der Waals surface area contributed by atoms with Gasteiger partial charge < -0.3 is 10.3 Å². The van der Waals surface area contributed by atoms with Crippen LogP contribution in [0, 0.1) is 6.92 Å². The van der Waals surface area contributed by atoms with Gasteiger partial charge in [0.2, 0.25) is 0 Å². The smallest absolute Gasteiger partial charge is 0.257 e. The lowest BCUT2D eigenvalue weighted by molar-refractivity contribution is -0.116. The number of rotatable bonds is 3. The molecule has 1 aliphatic heterocycles. The molecule has 7 heteroatoms. The highest BCUT2D eigenvalue weighted by atomic mass is 32.2. The van der Waals surface area contributed by atoms with E-state index in [1.165, 1.54) is 16.6 Å². The highest BCUT2D eigenvalue weighted by Gasteiger charge is 2.38. The van der Waals surface area contributed by atoms with E-state index in [4.69, 9.17) is 0 Å². The predicted octanol–water partition coefficient (Wildman–Crippen LogP) is 4.20. The summed E-state index contributed by atoms with van der Waals surface area (Å²) in [5, 5.41) is 4.24. The number of H-pyrrole nitrogens is 1. The zero-order valence-electron chi connectivity index (χ0n) is 15.0. The van der Waals surface area contributed by atoms with E-state index in [1.807, 2.05) is 19.1 Å². The Labute approximate surface area is 160 Å². The number of nitrogens with zero attached hydrogens (tertiary/aromatic N) is 1. The molecule has 0 bridgehead atoms. The van der Waals surface area contributed by atoms with Crippen LogP contribution in [-0.4, -0.2) is 21.0 Å². The number of Topliss-reactive ketones (excluding diaryl/α,β-unsaturated/α-hetero) is 1. The quantitative estimate of drug-likeness (QED) is 0.610. The van der Waals surface area contributed by atoms with E-state index in [-0.39, 0.29) is 17.3 Å². The number of aromatic nitrogens is 2. The summed E-state index contributed by atoms with van der Waals surface area (Å²) in [5.41, 5.74) is 2.09. The molecule has 0 saturated carbocycles. The van der Waals surface area contributed by atoms with Crippen LogP contribution in [0.5, 0.6) is 0 Å². The van der Waals surface area contributed by atoms with E-state index in [9.17, 15) is 9.59 Å². The van der Waals surface area contributed by atoms with Crippen LogP contribution in [0.2, 0.25) is 0 Å². The number of thioether (sulfide) groups is 1. The molecule has 26 heavy (non-hydrogen) atoms. The van der Waals surface area contributed by atoms with Crippen molar-refractivity contribution < 1.29 is 4.79 Å². The van der Waals surface area contributed by atoms with Gasteiger partial charge in [0, 0.05) is 32.7 Å². The fraction of sp³-hybridized carbons (Fsp3) is 0.421. The van der Waals surface area contributed by atoms with Crippen molar-refractivity contribution >= 4 is 34.7 Å². The van der Waals surface area contributed by atoms with Gasteiger partial charge in [-0.25, -0.2) is 4.98 Å². The Hall–Kier alpha value is -1.86. The maximum Gasteiger partial charge on any atom is 0.257 e. The molecule has 5 nitrogen and oxygen atoms in total. The molecule has 0 fully saturated rings. The fourth-order valence-corrected chi connectivity index (χ4v) is 5.35. The number of aromatic amines is 1. The van der Waals surface area contributed by atoms with Crippen molar-refractivity contribution in [3.8, 4) is 0 Å². The minimum atomic E-state index is -0.318. The number of aryl methyl sites for hydroxylation is 1. The van der Waals surface area contributed by atoms with Gasteiger partial charge in [-0.3, -0.25) is 9.59 Å². The summed E-state index contributed by atoms with van der Waals surface area (Å²) in [6.45, 7) is 6.17. The molecule has 2 aliphatic rings. The van der Waals surface area contributed by atoms with E-state index >= 15 is 0 Å². The first-order valence-electron chi connectivity index (χ1n) is 8.84. The summed E-state index contributed by atoms with van der Waals surface area (Å²) in [4.78, 5) is 35.5. The average molecular weight is 388 g/mol. The second kappa shape index (κ2) is 6.70. The van der Waals surface area contributed by atoms with E-state index in [1.54, 1.807) is 11.3 Å². The number of hydrogen-bond acceptors (Lipinski definition) is 6. The molecule has 2 aromatic rings. The van der Waals surface area contributed by atoms with Crippen LogP contribution in [0.25, 0.3) is 0 Å². The van der Waals surface area contributed by atoms with E-state index < -0.39 is 0 Å². The minimum Gasteiger partial charge on any atom is -0.343 e. The third kappa shape index (κ3) is 3.03. The van der Waals surface area contributed by atoms with Crippen LogP contribution in [0.3, 0.4) is 0 Å². The van der Waals surface area contributed by atoms with E-state index in [0.717, 1.165) is 29.0 Å². The van der Waals surface area contributed by atoms with Gasteiger partial charge in [-0.1, -0.05) is 25.6 Å². The second-order valence-corrected chi connectivity index (χ2v) is 9.86. The standard InChI is InChI=1S/C19H21N3O2S2/c1-9(2)25-19-21-17-16(18(24)22-19)15(13-8-7-10(3)26-13)14-11(20-17)5-4-6-12(14)23/h7-9,15H,4-6H2,1-3H3,(H2,20,21,22,24)/t15-/m1/s1. The van der Waals surface area contributed by atoms with Gasteiger partial charge in [0.05, 0.1) is 11.5 Å². The molecule has 0 radical (unpaired) electrons. The summed E-state index contributed by atoms with van der Waals surface area (Å²) in [7, 11) is 0. The largest absolute Gasteiger partial charge is 0.343 e. The zero-order valence-corrected chi connectivity index (χ0v) is 16.6. The van der Waals surface area contributed by atoms with Crippen molar-refractivity contribution in [2.24, 2.45) is 0 Å². The van der Waals surface area contributed by atoms with E-state index in [0.29, 0.717) is 28.2 Å². The van der Waals surface area contributed by atoms with Crippen LogP contribution in [0.4, 0.5) is 5.82 Å². The molecule has 0 aromatic carbocycles. The zero-order chi connectivity index (χ0) is 18.4. The number of fused-ring (bicyclic) bond motifs is 1. The minimum absolute atomic E-state index is 0.139. The Morgan fingerprint density at radius 2 is 2.08 bits per heavy atom. The summed E-state index contributed by atoms with van der Waals surface area (Å²) in [6.07, 6.45) is 2.21. The number of thiophene rings is 1. The number of carbonyl (C=O) groups is 1. The number of carbonyl (C=O) groups excluding carboxylic acids is 1. The molecule has 4 rings (SSSR count). The predicted molar refractivity (Wildman–Crippen MR) is 106 cm³/mol. The Bertz CT molecular complexity index is 971. The molecule has 1 aliphatic carbocycles. The van der Waals surface area contributed by atoms with E-state index in [2.05, 4.69) is 29.1 Å². The number of ketones is 1. The molecule has 0 unspecified atom stereocenters. The molecule has 0 amide bonds. The van der Waals surface area contributed by atoms with Crippen LogP contribution in [0.1, 0.15) is 54.3 Å². The van der Waals surface area contributed by atoms with Gasteiger partial charge in [-0.2, -0.15) is 0 Å². The molecule has 0 spiro atoms. The number of anilines is 1. The molecule has 2 N–H and O–H groups in total. The van der Waals surface area contributed by atoms with Gasteiger partial charge in [0.25, 0.3) is 5.56 Å². The summed E-state index contributed by atoms with van der Waals surface area (Å²) in [6, 6.07) is 4.07. The Morgan fingerprint density at radius 1 is 1.27 bits per heavy atom.